The van der Waals surface area contributed by atoms with Crippen LogP contribution in [0, 0.1) is 5.92 Å². The number of carbonyl (C=O) groups is 1. The van der Waals surface area contributed by atoms with Crippen LogP contribution in [0.5, 0.6) is 5.75 Å². The summed E-state index contributed by atoms with van der Waals surface area (Å²) in [6, 6.07) is 3.85. The Morgan fingerprint density at radius 1 is 1.06 bits per heavy atom. The number of fused-ring (bicyclic) bond motifs is 1. The van der Waals surface area contributed by atoms with Gasteiger partial charge in [-0.15, -0.1) is 0 Å². The van der Waals surface area contributed by atoms with E-state index in [0.717, 1.165) is 6.42 Å². The SMILES string of the molecule is C[C@H](CO)N1C[C@H](C)[C@@H](CN(C)S(=O)(=O)c2cn(C)cn2)OCCCC[C@H](C)Oc2ccc(NS(=O)(=O)c3cn(C)cn3)cc2C1=O. The maximum absolute atomic E-state index is 14.3. The molecule has 0 aliphatic carbocycles. The van der Waals surface area contributed by atoms with Crippen molar-refractivity contribution in [3.8, 4) is 5.75 Å². The Bertz CT molecular complexity index is 1740. The van der Waals surface area contributed by atoms with E-state index < -0.39 is 38.1 Å². The van der Waals surface area contributed by atoms with Crippen molar-refractivity contribution in [3.05, 3.63) is 48.8 Å². The highest BCUT2D eigenvalue weighted by molar-refractivity contribution is 7.92. The monoisotopic (exact) mass is 695 g/mol. The van der Waals surface area contributed by atoms with Crippen molar-refractivity contribution in [2.75, 3.05) is 38.1 Å². The van der Waals surface area contributed by atoms with E-state index in [2.05, 4.69) is 14.7 Å². The summed E-state index contributed by atoms with van der Waals surface area (Å²) in [5.74, 6) is -0.603. The molecule has 4 atom stereocenters. The van der Waals surface area contributed by atoms with E-state index in [9.17, 15) is 26.7 Å². The Hall–Kier alpha value is -3.51. The number of ether oxygens (including phenoxy) is 2. The van der Waals surface area contributed by atoms with Gasteiger partial charge in [0.25, 0.3) is 26.0 Å². The second-order valence-electron chi connectivity index (χ2n) is 12.2. The summed E-state index contributed by atoms with van der Waals surface area (Å²) in [4.78, 5) is 23.7. The molecule has 1 aliphatic rings. The minimum absolute atomic E-state index is 0.00512. The number of imidazole rings is 2. The van der Waals surface area contributed by atoms with Crippen molar-refractivity contribution >= 4 is 31.6 Å². The van der Waals surface area contributed by atoms with E-state index in [4.69, 9.17) is 9.47 Å². The van der Waals surface area contributed by atoms with Gasteiger partial charge in [0.2, 0.25) is 0 Å². The highest BCUT2D eigenvalue weighted by Crippen LogP contribution is 2.29. The zero-order chi connectivity index (χ0) is 34.5. The molecule has 0 saturated carbocycles. The Balaban J connectivity index is 1.67. The van der Waals surface area contributed by atoms with Gasteiger partial charge in [-0.3, -0.25) is 9.52 Å². The summed E-state index contributed by atoms with van der Waals surface area (Å²) >= 11 is 0. The summed E-state index contributed by atoms with van der Waals surface area (Å²) in [5.41, 5.74) is 0.238. The normalized spacial score (nSPS) is 21.1. The average Bonchev–Trinajstić information content (AvgIpc) is 3.67. The third kappa shape index (κ3) is 8.90. The highest BCUT2D eigenvalue weighted by atomic mass is 32.2. The molecule has 1 aromatic carbocycles. The standard InChI is InChI=1S/C30H45N7O8S2/c1-21-14-37(22(2)18-38)30(39)25-13-24(33-46(40,41)28-16-34(4)19-31-28)10-11-26(25)45-23(3)9-7-8-12-44-27(21)15-36(6)47(42,43)29-17-35(5)20-32-29/h10-11,13,16-17,19-23,27,33,38H,7-9,12,14-15,18H2,1-6H3/t21-,22+,23-,27+/m0/s1. The minimum Gasteiger partial charge on any atom is -0.490 e. The van der Waals surface area contributed by atoms with Gasteiger partial charge in [0.05, 0.1) is 43.1 Å². The molecule has 47 heavy (non-hydrogen) atoms. The van der Waals surface area contributed by atoms with Gasteiger partial charge in [0.1, 0.15) is 5.75 Å². The molecule has 260 valence electrons. The molecule has 0 bridgehead atoms. The average molecular weight is 696 g/mol. The van der Waals surface area contributed by atoms with Crippen molar-refractivity contribution in [1.29, 1.82) is 0 Å². The maximum atomic E-state index is 14.3. The lowest BCUT2D eigenvalue weighted by molar-refractivity contribution is -0.00835. The van der Waals surface area contributed by atoms with E-state index >= 15 is 0 Å². The molecule has 2 aromatic heterocycles. The van der Waals surface area contributed by atoms with Crippen LogP contribution in [0.3, 0.4) is 0 Å². The predicted molar refractivity (Wildman–Crippen MR) is 174 cm³/mol. The molecule has 0 saturated heterocycles. The van der Waals surface area contributed by atoms with Crippen LogP contribution in [0.15, 0.2) is 53.3 Å². The van der Waals surface area contributed by atoms with Crippen molar-refractivity contribution in [2.45, 2.75) is 68.3 Å². The van der Waals surface area contributed by atoms with Crippen molar-refractivity contribution in [2.24, 2.45) is 20.0 Å². The van der Waals surface area contributed by atoms with Crippen LogP contribution >= 0.6 is 0 Å². The Morgan fingerprint density at radius 2 is 1.72 bits per heavy atom. The predicted octanol–water partition coefficient (Wildman–Crippen LogP) is 2.07. The molecule has 0 spiro atoms. The number of aliphatic hydroxyl groups is 1. The third-order valence-corrected chi connectivity index (χ3v) is 11.0. The second kappa shape index (κ2) is 15.1. The van der Waals surface area contributed by atoms with E-state index in [1.54, 1.807) is 31.7 Å². The number of aliphatic hydroxyl groups excluding tert-OH is 1. The molecule has 0 unspecified atom stereocenters. The number of likely N-dealkylation sites (N-methyl/N-ethyl adjacent to an activating group) is 1. The summed E-state index contributed by atoms with van der Waals surface area (Å²) in [5, 5.41) is 9.92. The molecule has 4 rings (SSSR count). The summed E-state index contributed by atoms with van der Waals surface area (Å²) < 4.78 is 71.9. The number of anilines is 1. The molecule has 0 radical (unpaired) electrons. The Labute approximate surface area is 276 Å². The number of hydrogen-bond acceptors (Lipinski definition) is 10. The first-order valence-electron chi connectivity index (χ1n) is 15.4. The minimum atomic E-state index is -4.05. The fourth-order valence-electron chi connectivity index (χ4n) is 5.22. The zero-order valence-corrected chi connectivity index (χ0v) is 29.2. The van der Waals surface area contributed by atoms with Gasteiger partial charge in [-0.2, -0.15) is 12.7 Å². The summed E-state index contributed by atoms with van der Waals surface area (Å²) in [7, 11) is -3.16. The Morgan fingerprint density at radius 3 is 2.34 bits per heavy atom. The van der Waals surface area contributed by atoms with Gasteiger partial charge in [-0.05, 0) is 51.3 Å². The van der Waals surface area contributed by atoms with E-state index in [1.165, 1.54) is 58.0 Å². The lowest BCUT2D eigenvalue weighted by atomic mass is 10.0. The fourth-order valence-corrected chi connectivity index (χ4v) is 7.39. The highest BCUT2D eigenvalue weighted by Gasteiger charge is 2.33. The summed E-state index contributed by atoms with van der Waals surface area (Å²) in [6.07, 6.45) is 6.79. The first-order chi connectivity index (χ1) is 22.1. The Kier molecular flexibility index (Phi) is 11.7. The zero-order valence-electron chi connectivity index (χ0n) is 27.6. The van der Waals surface area contributed by atoms with E-state index in [-0.39, 0.29) is 58.8 Å². The molecule has 3 aromatic rings. The van der Waals surface area contributed by atoms with Gasteiger partial charge in [0, 0.05) is 64.8 Å². The van der Waals surface area contributed by atoms with Crippen molar-refractivity contribution < 1.29 is 36.2 Å². The van der Waals surface area contributed by atoms with Gasteiger partial charge in [-0.25, -0.2) is 18.4 Å². The van der Waals surface area contributed by atoms with Crippen LogP contribution < -0.4 is 9.46 Å². The van der Waals surface area contributed by atoms with Gasteiger partial charge < -0.3 is 28.6 Å². The van der Waals surface area contributed by atoms with Crippen molar-refractivity contribution in [3.63, 3.8) is 0 Å². The lowest BCUT2D eigenvalue weighted by Gasteiger charge is -2.35. The van der Waals surface area contributed by atoms with Crippen LogP contribution in [0.2, 0.25) is 0 Å². The lowest BCUT2D eigenvalue weighted by Crippen LogP contribution is -2.48. The first kappa shape index (κ1) is 36.3. The largest absolute Gasteiger partial charge is 0.490 e. The van der Waals surface area contributed by atoms with Gasteiger partial charge in [-0.1, -0.05) is 6.92 Å². The number of carbonyl (C=O) groups excluding carboxylic acids is 1. The number of hydrogen-bond donors (Lipinski definition) is 2. The maximum Gasteiger partial charge on any atom is 0.280 e. The van der Waals surface area contributed by atoms with Crippen LogP contribution in [0.4, 0.5) is 5.69 Å². The number of benzene rings is 1. The first-order valence-corrected chi connectivity index (χ1v) is 18.3. The van der Waals surface area contributed by atoms with Crippen LogP contribution in [0.25, 0.3) is 0 Å². The molecule has 3 heterocycles. The molecule has 17 heteroatoms. The van der Waals surface area contributed by atoms with E-state index in [1.807, 2.05) is 13.8 Å². The van der Waals surface area contributed by atoms with Gasteiger partial charge >= 0.3 is 0 Å². The number of nitrogens with zero attached hydrogens (tertiary/aromatic N) is 6. The molecule has 15 nitrogen and oxygen atoms in total. The molecule has 1 amide bonds. The number of sulfonamides is 2. The number of amides is 1. The number of aromatic nitrogens is 4. The smallest absolute Gasteiger partial charge is 0.280 e. The quantitative estimate of drug-likeness (QED) is 0.337. The molecule has 0 fully saturated rings. The molecular weight excluding hydrogens is 651 g/mol. The van der Waals surface area contributed by atoms with Crippen molar-refractivity contribution in [1.82, 2.24) is 28.3 Å². The topological polar surface area (TPSA) is 178 Å². The number of nitrogens with one attached hydrogen (secondary N) is 1. The van der Waals surface area contributed by atoms with E-state index in [0.29, 0.717) is 19.4 Å². The van der Waals surface area contributed by atoms with Gasteiger partial charge in [0.15, 0.2) is 10.1 Å². The molecule has 2 N–H and O–H groups in total. The fraction of sp³-hybridized carbons (Fsp3) is 0.567. The van der Waals surface area contributed by atoms with Crippen LogP contribution in [-0.2, 0) is 38.9 Å². The second-order valence-corrected chi connectivity index (χ2v) is 15.8. The molecular formula is C30H45N7O8S2. The molecule has 1 aliphatic heterocycles. The van der Waals surface area contributed by atoms with Crippen LogP contribution in [0.1, 0.15) is 50.4 Å². The third-order valence-electron chi connectivity index (χ3n) is 8.05. The number of aryl methyl sites for hydroxylation is 2. The van der Waals surface area contributed by atoms with Crippen LogP contribution in [-0.4, -0.2) is 108 Å². The number of rotatable bonds is 9. The summed E-state index contributed by atoms with van der Waals surface area (Å²) in [6.45, 7) is 5.56.